The number of rotatable bonds is 11. The fourth-order valence-corrected chi connectivity index (χ4v) is 4.39. The van der Waals surface area contributed by atoms with Gasteiger partial charge in [-0.3, -0.25) is 4.90 Å². The summed E-state index contributed by atoms with van der Waals surface area (Å²) in [4.78, 5) is 42.8. The van der Waals surface area contributed by atoms with E-state index in [0.29, 0.717) is 13.2 Å². The Labute approximate surface area is 247 Å². The van der Waals surface area contributed by atoms with Gasteiger partial charge in [0.2, 0.25) is 6.10 Å². The Morgan fingerprint density at radius 1 is 0.929 bits per heavy atom. The molecule has 1 heterocycles. The second-order valence-corrected chi connectivity index (χ2v) is 12.0. The molecule has 1 fully saturated rings. The summed E-state index contributed by atoms with van der Waals surface area (Å²) in [7, 11) is 1.35. The van der Waals surface area contributed by atoms with Crippen LogP contribution in [0.2, 0.25) is 0 Å². The van der Waals surface area contributed by atoms with Gasteiger partial charge in [0.1, 0.15) is 23.9 Å². The van der Waals surface area contributed by atoms with Crippen LogP contribution < -0.4 is 4.90 Å². The smallest absolute Gasteiger partial charge is 0.410 e. The molecular weight excluding hydrogens is 543 g/mol. The number of ether oxygens (including phenoxy) is 4. The average Bonchev–Trinajstić information content (AvgIpc) is 2.94. The molecule has 0 spiro atoms. The largest absolute Gasteiger partial charge is 0.458 e. The number of likely N-dealkylation sites (N-methyl/N-ethyl adjacent to an activating group) is 1. The predicted molar refractivity (Wildman–Crippen MR) is 157 cm³/mol. The molecule has 0 N–H and O–H groups in total. The van der Waals surface area contributed by atoms with Crippen molar-refractivity contribution in [2.24, 2.45) is 0 Å². The molecule has 0 radical (unpaired) electrons. The van der Waals surface area contributed by atoms with Crippen molar-refractivity contribution in [3.8, 4) is 0 Å². The van der Waals surface area contributed by atoms with Crippen molar-refractivity contribution in [1.29, 1.82) is 0 Å². The highest BCUT2D eigenvalue weighted by Crippen LogP contribution is 2.24. The summed E-state index contributed by atoms with van der Waals surface area (Å²) in [5.41, 5.74) is -0.121. The summed E-state index contributed by atoms with van der Waals surface area (Å²) < 4.78 is 36.9. The molecule has 0 saturated carbocycles. The van der Waals surface area contributed by atoms with Crippen molar-refractivity contribution in [2.75, 3.05) is 38.3 Å². The zero-order valence-electron chi connectivity index (χ0n) is 25.4. The minimum atomic E-state index is -1.82. The van der Waals surface area contributed by atoms with E-state index < -0.39 is 41.4 Å². The number of esters is 2. The third-order valence-electron chi connectivity index (χ3n) is 6.58. The SMILES string of the molecule is CN(C(=O)OC(C)(C)C)[C@@H](CC(C)(C)F)C(=O)OC(Cc1ccc(N2CCOCC2)cc1)C(=O)OCc1ccccc1. The maximum Gasteiger partial charge on any atom is 0.410 e. The van der Waals surface area contributed by atoms with Crippen LogP contribution in [-0.4, -0.2) is 79.7 Å². The number of amides is 1. The summed E-state index contributed by atoms with van der Waals surface area (Å²) >= 11 is 0. The first-order valence-corrected chi connectivity index (χ1v) is 14.2. The lowest BCUT2D eigenvalue weighted by atomic mass is 10.00. The molecule has 42 heavy (non-hydrogen) atoms. The molecule has 2 aromatic carbocycles. The third kappa shape index (κ3) is 10.6. The molecule has 0 aliphatic carbocycles. The summed E-state index contributed by atoms with van der Waals surface area (Å²) in [5, 5.41) is 0. The molecule has 10 heteroatoms. The molecule has 1 saturated heterocycles. The van der Waals surface area contributed by atoms with Crippen LogP contribution in [0.5, 0.6) is 0 Å². The van der Waals surface area contributed by atoms with Crippen LogP contribution >= 0.6 is 0 Å². The minimum absolute atomic E-state index is 0.0115. The number of hydrogen-bond acceptors (Lipinski definition) is 8. The van der Waals surface area contributed by atoms with Gasteiger partial charge in [0.15, 0.2) is 0 Å². The molecule has 230 valence electrons. The maximum absolute atomic E-state index is 14.8. The average molecular weight is 587 g/mol. The lowest BCUT2D eigenvalue weighted by Crippen LogP contribution is -2.49. The molecular formula is C32H43FN2O7. The van der Waals surface area contributed by atoms with Crippen molar-refractivity contribution in [2.45, 2.75) is 77.5 Å². The van der Waals surface area contributed by atoms with Gasteiger partial charge in [-0.15, -0.1) is 0 Å². The summed E-state index contributed by atoms with van der Waals surface area (Å²) in [6.07, 6.45) is -2.46. The van der Waals surface area contributed by atoms with Gasteiger partial charge in [0.25, 0.3) is 0 Å². The Balaban J connectivity index is 1.81. The van der Waals surface area contributed by atoms with Crippen molar-refractivity contribution >= 4 is 23.7 Å². The standard InChI is InChI=1S/C32H43FN2O7/c1-31(2,3)42-30(38)34(6)26(21-32(4,5)33)28(36)41-27(29(37)40-22-24-10-8-7-9-11-24)20-23-12-14-25(15-13-23)35-16-18-39-19-17-35/h7-15,26-27H,16-22H2,1-6H3/t26-,27?/m0/s1. The first-order chi connectivity index (χ1) is 19.7. The van der Waals surface area contributed by atoms with E-state index in [9.17, 15) is 18.8 Å². The Morgan fingerprint density at radius 2 is 1.55 bits per heavy atom. The monoisotopic (exact) mass is 586 g/mol. The van der Waals surface area contributed by atoms with Gasteiger partial charge < -0.3 is 23.8 Å². The Hall–Kier alpha value is -3.66. The lowest BCUT2D eigenvalue weighted by Gasteiger charge is -2.32. The first-order valence-electron chi connectivity index (χ1n) is 14.2. The van der Waals surface area contributed by atoms with Crippen LogP contribution in [0.1, 0.15) is 52.2 Å². The molecule has 9 nitrogen and oxygen atoms in total. The molecule has 1 aliphatic heterocycles. The number of carbonyl (C=O) groups is 3. The molecule has 1 aliphatic rings. The lowest BCUT2D eigenvalue weighted by molar-refractivity contribution is -0.172. The number of hydrogen-bond donors (Lipinski definition) is 0. The maximum atomic E-state index is 14.8. The van der Waals surface area contributed by atoms with E-state index in [0.717, 1.165) is 34.8 Å². The van der Waals surface area contributed by atoms with Crippen molar-refractivity contribution in [3.63, 3.8) is 0 Å². The molecule has 2 atom stereocenters. The zero-order chi connectivity index (χ0) is 30.9. The quantitative estimate of drug-likeness (QED) is 0.265. The van der Waals surface area contributed by atoms with Gasteiger partial charge in [-0.2, -0.15) is 0 Å². The van der Waals surface area contributed by atoms with Crippen molar-refractivity contribution in [1.82, 2.24) is 4.90 Å². The normalized spacial score (nSPS) is 15.4. The van der Waals surface area contributed by atoms with E-state index in [1.807, 2.05) is 54.6 Å². The van der Waals surface area contributed by atoms with Gasteiger partial charge in [-0.25, -0.2) is 18.8 Å². The highest BCUT2D eigenvalue weighted by Gasteiger charge is 2.38. The predicted octanol–water partition coefficient (Wildman–Crippen LogP) is 5.09. The fourth-order valence-electron chi connectivity index (χ4n) is 4.39. The van der Waals surface area contributed by atoms with E-state index in [1.165, 1.54) is 20.9 Å². The van der Waals surface area contributed by atoms with Gasteiger partial charge >= 0.3 is 18.0 Å². The highest BCUT2D eigenvalue weighted by atomic mass is 19.1. The molecule has 1 unspecified atom stereocenters. The van der Waals surface area contributed by atoms with Crippen LogP contribution in [0.15, 0.2) is 54.6 Å². The van der Waals surface area contributed by atoms with E-state index in [-0.39, 0.29) is 19.4 Å². The Bertz CT molecular complexity index is 1170. The van der Waals surface area contributed by atoms with Gasteiger partial charge in [0.05, 0.1) is 13.2 Å². The minimum Gasteiger partial charge on any atom is -0.458 e. The zero-order valence-corrected chi connectivity index (χ0v) is 25.4. The number of halogens is 1. The third-order valence-corrected chi connectivity index (χ3v) is 6.58. The second-order valence-electron chi connectivity index (χ2n) is 12.0. The Morgan fingerprint density at radius 3 is 2.12 bits per heavy atom. The van der Waals surface area contributed by atoms with E-state index in [4.69, 9.17) is 18.9 Å². The first kappa shape index (κ1) is 32.8. The summed E-state index contributed by atoms with van der Waals surface area (Å²) in [6.45, 7) is 10.5. The molecule has 2 aromatic rings. The highest BCUT2D eigenvalue weighted by molar-refractivity contribution is 5.85. The van der Waals surface area contributed by atoms with Gasteiger partial charge in [-0.05, 0) is 57.9 Å². The molecule has 0 bridgehead atoms. The number of carbonyl (C=O) groups excluding carboxylic acids is 3. The number of anilines is 1. The van der Waals surface area contributed by atoms with Gasteiger partial charge in [-0.1, -0.05) is 42.5 Å². The Kier molecular flexibility index (Phi) is 11.3. The van der Waals surface area contributed by atoms with E-state index in [2.05, 4.69) is 4.90 Å². The van der Waals surface area contributed by atoms with Crippen molar-refractivity contribution in [3.05, 3.63) is 65.7 Å². The number of nitrogens with zero attached hydrogens (tertiary/aromatic N) is 2. The molecule has 3 rings (SSSR count). The summed E-state index contributed by atoms with van der Waals surface area (Å²) in [5.74, 6) is -1.68. The van der Waals surface area contributed by atoms with Gasteiger partial charge in [0, 0.05) is 38.7 Å². The number of alkyl halides is 1. The molecule has 1 amide bonds. The fraction of sp³-hybridized carbons (Fsp3) is 0.531. The van der Waals surface area contributed by atoms with E-state index in [1.54, 1.807) is 20.8 Å². The van der Waals surface area contributed by atoms with Crippen LogP contribution in [-0.2, 0) is 41.6 Å². The second kappa shape index (κ2) is 14.5. The molecule has 0 aromatic heterocycles. The van der Waals surface area contributed by atoms with Crippen LogP contribution in [0.3, 0.4) is 0 Å². The van der Waals surface area contributed by atoms with Crippen LogP contribution in [0, 0.1) is 0 Å². The summed E-state index contributed by atoms with van der Waals surface area (Å²) in [6, 6.07) is 15.4. The van der Waals surface area contributed by atoms with Crippen LogP contribution in [0.25, 0.3) is 0 Å². The number of morpholine rings is 1. The van der Waals surface area contributed by atoms with E-state index >= 15 is 0 Å². The van der Waals surface area contributed by atoms with Crippen molar-refractivity contribution < 1.29 is 37.7 Å². The number of benzene rings is 2. The van der Waals surface area contributed by atoms with Crippen LogP contribution in [0.4, 0.5) is 14.9 Å². The topological polar surface area (TPSA) is 94.6 Å².